The van der Waals surface area contributed by atoms with E-state index in [-0.39, 0.29) is 12.2 Å². The molecular formula is C28H31F3N2O4S2. The van der Waals surface area contributed by atoms with E-state index in [0.29, 0.717) is 12.5 Å². The number of carboxylic acid groups (broad SMARTS) is 1. The zero-order chi connectivity index (χ0) is 27.9. The number of fused-ring (bicyclic) bond motifs is 3. The van der Waals surface area contributed by atoms with Crippen LogP contribution in [0.1, 0.15) is 29.7 Å². The number of benzene rings is 1. The maximum Gasteiger partial charge on any atom is 0.430 e. The fourth-order valence-corrected chi connectivity index (χ4v) is 6.75. The highest BCUT2D eigenvalue weighted by Crippen LogP contribution is 2.36. The molecule has 2 aromatic heterocycles. The number of amides is 1. The van der Waals surface area contributed by atoms with Gasteiger partial charge in [-0.25, -0.2) is 4.79 Å². The normalized spacial score (nSPS) is 22.0. The Morgan fingerprint density at radius 1 is 1.05 bits per heavy atom. The summed E-state index contributed by atoms with van der Waals surface area (Å²) in [7, 11) is 0. The third-order valence-corrected chi connectivity index (χ3v) is 9.04. The van der Waals surface area contributed by atoms with Gasteiger partial charge in [-0.2, -0.15) is 24.5 Å². The number of para-hydroxylation sites is 1. The number of nitrogens with zero attached hydrogens (tertiary/aromatic N) is 2. The fourth-order valence-electron chi connectivity index (χ4n) is 5.34. The molecule has 6 nitrogen and oxygen atoms in total. The first kappa shape index (κ1) is 29.1. The summed E-state index contributed by atoms with van der Waals surface area (Å²) in [6.07, 6.45) is -0.661. The Labute approximate surface area is 233 Å². The molecule has 6 rings (SSSR count). The second-order valence-electron chi connectivity index (χ2n) is 9.98. The highest BCUT2D eigenvalue weighted by atomic mass is 32.1. The lowest BCUT2D eigenvalue weighted by molar-refractivity contribution is -0.946. The number of carbonyl (C=O) groups is 2. The topological polar surface area (TPSA) is 69.7 Å². The number of carboxylic acids is 1. The van der Waals surface area contributed by atoms with Crippen molar-refractivity contribution in [2.45, 2.75) is 44.5 Å². The lowest BCUT2D eigenvalue weighted by Gasteiger charge is -2.52. The highest BCUT2D eigenvalue weighted by molar-refractivity contribution is 7.09. The highest BCUT2D eigenvalue weighted by Gasteiger charge is 2.47. The third-order valence-electron chi connectivity index (χ3n) is 7.37. The first-order valence-corrected chi connectivity index (χ1v) is 14.7. The molecule has 3 aliphatic heterocycles. The number of rotatable bonds is 8. The van der Waals surface area contributed by atoms with Gasteiger partial charge >= 0.3 is 12.3 Å². The molecule has 0 spiro atoms. The smallest absolute Gasteiger partial charge is 0.430 e. The van der Waals surface area contributed by atoms with Crippen molar-refractivity contribution in [3.05, 3.63) is 75.1 Å². The predicted molar refractivity (Wildman–Crippen MR) is 143 cm³/mol. The van der Waals surface area contributed by atoms with Crippen LogP contribution >= 0.6 is 22.7 Å². The number of anilines is 1. The van der Waals surface area contributed by atoms with Gasteiger partial charge in [0.05, 0.1) is 26.2 Å². The van der Waals surface area contributed by atoms with Gasteiger partial charge in [0.2, 0.25) is 0 Å². The largest absolute Gasteiger partial charge is 0.542 e. The van der Waals surface area contributed by atoms with E-state index in [2.05, 4.69) is 34.3 Å². The lowest BCUT2D eigenvalue weighted by atomic mass is 9.83. The van der Waals surface area contributed by atoms with Gasteiger partial charge in [0, 0.05) is 35.7 Å². The van der Waals surface area contributed by atoms with Gasteiger partial charge in [0.25, 0.3) is 0 Å². The lowest BCUT2D eigenvalue weighted by Crippen LogP contribution is -2.65. The molecule has 3 fully saturated rings. The zero-order valence-corrected chi connectivity index (χ0v) is 23.0. The van der Waals surface area contributed by atoms with Crippen molar-refractivity contribution < 1.29 is 37.1 Å². The SMILES string of the molecule is O=C(O[C@H]1C[N+]2(CCCc3cccs3)CCC1CC2)N(Cc1ccsc1)c1ccccc1.O=C([O-])C(F)(F)F. The third kappa shape index (κ3) is 8.06. The van der Waals surface area contributed by atoms with Crippen LogP contribution in [0, 0.1) is 5.92 Å². The Hall–Kier alpha value is -2.89. The Morgan fingerprint density at radius 3 is 2.36 bits per heavy atom. The van der Waals surface area contributed by atoms with Crippen molar-refractivity contribution >= 4 is 40.4 Å². The van der Waals surface area contributed by atoms with Crippen molar-refractivity contribution in [1.29, 1.82) is 0 Å². The molecule has 39 heavy (non-hydrogen) atoms. The van der Waals surface area contributed by atoms with Gasteiger partial charge in [-0.05, 0) is 52.4 Å². The predicted octanol–water partition coefficient (Wildman–Crippen LogP) is 5.49. The number of ether oxygens (including phenoxy) is 1. The maximum atomic E-state index is 13.4. The molecule has 1 atom stereocenters. The van der Waals surface area contributed by atoms with Crippen molar-refractivity contribution in [1.82, 2.24) is 0 Å². The molecule has 1 aromatic carbocycles. The quantitative estimate of drug-likeness (QED) is 0.331. The van der Waals surface area contributed by atoms with E-state index in [1.165, 1.54) is 43.8 Å². The number of carbonyl (C=O) groups excluding carboxylic acids is 2. The average molecular weight is 581 g/mol. The molecule has 3 aliphatic rings. The van der Waals surface area contributed by atoms with E-state index in [4.69, 9.17) is 14.6 Å². The summed E-state index contributed by atoms with van der Waals surface area (Å²) in [6.45, 7) is 5.18. The molecule has 3 saturated heterocycles. The van der Waals surface area contributed by atoms with E-state index < -0.39 is 12.1 Å². The van der Waals surface area contributed by atoms with E-state index >= 15 is 0 Å². The summed E-state index contributed by atoms with van der Waals surface area (Å²) in [5.74, 6) is -2.50. The summed E-state index contributed by atoms with van der Waals surface area (Å²) >= 11 is 3.52. The van der Waals surface area contributed by atoms with Crippen LogP contribution in [-0.4, -0.2) is 55.0 Å². The van der Waals surface area contributed by atoms with Gasteiger partial charge in [-0.3, -0.25) is 4.90 Å². The number of halogens is 3. The van der Waals surface area contributed by atoms with Gasteiger partial charge in [-0.1, -0.05) is 24.3 Å². The van der Waals surface area contributed by atoms with Gasteiger partial charge in [-0.15, -0.1) is 11.3 Å². The minimum Gasteiger partial charge on any atom is -0.542 e. The first-order valence-electron chi connectivity index (χ1n) is 12.9. The molecule has 0 unspecified atom stereocenters. The summed E-state index contributed by atoms with van der Waals surface area (Å²) in [4.78, 5) is 25.4. The van der Waals surface area contributed by atoms with Crippen LogP contribution in [0.5, 0.6) is 0 Å². The average Bonchev–Trinajstić information content (AvgIpc) is 3.63. The number of hydrogen-bond acceptors (Lipinski definition) is 6. The summed E-state index contributed by atoms with van der Waals surface area (Å²) in [5, 5.41) is 15.1. The van der Waals surface area contributed by atoms with Gasteiger partial charge in [0.1, 0.15) is 12.5 Å². The van der Waals surface area contributed by atoms with Crippen molar-refractivity contribution in [3.63, 3.8) is 0 Å². The molecule has 0 radical (unpaired) electrons. The molecule has 11 heteroatoms. The van der Waals surface area contributed by atoms with Crippen LogP contribution in [0.2, 0.25) is 0 Å². The van der Waals surface area contributed by atoms with Crippen LogP contribution in [0.4, 0.5) is 23.7 Å². The number of hydrogen-bond donors (Lipinski definition) is 0. The van der Waals surface area contributed by atoms with Crippen molar-refractivity contribution in [3.8, 4) is 0 Å². The Kier molecular flexibility index (Phi) is 9.68. The molecule has 210 valence electrons. The van der Waals surface area contributed by atoms with Crippen LogP contribution in [0.15, 0.2) is 64.7 Å². The first-order chi connectivity index (χ1) is 18.7. The minimum absolute atomic E-state index is 0.0282. The van der Waals surface area contributed by atoms with Crippen LogP contribution < -0.4 is 10.0 Å². The summed E-state index contributed by atoms with van der Waals surface area (Å²) in [6, 6.07) is 16.4. The number of aryl methyl sites for hydroxylation is 1. The fraction of sp³-hybridized carbons (Fsp3) is 0.429. The number of piperidine rings is 3. The molecule has 0 aliphatic carbocycles. The molecule has 0 N–H and O–H groups in total. The maximum absolute atomic E-state index is 13.4. The number of quaternary nitrogens is 1. The molecule has 5 heterocycles. The van der Waals surface area contributed by atoms with E-state index in [1.807, 2.05) is 41.7 Å². The zero-order valence-electron chi connectivity index (χ0n) is 21.3. The number of thiophene rings is 2. The Balaban J connectivity index is 0.000000448. The minimum atomic E-state index is -5.19. The van der Waals surface area contributed by atoms with Crippen LogP contribution in [0.25, 0.3) is 0 Å². The van der Waals surface area contributed by atoms with Gasteiger partial charge in [0.15, 0.2) is 6.10 Å². The standard InChI is InChI=1S/C26H31N2O2S2.C2HF3O2/c29-26(27(18-21-12-17-31-20-21)23-6-2-1-3-7-23)30-25-19-28(14-10-22(25)11-15-28)13-4-8-24-9-5-16-32-24;3-2(4,5)1(6)7/h1-3,5-7,9,12,16-17,20,22,25H,4,8,10-11,13-15,18-19H2;(H,6,7)/q+1;/p-1/t22?,25-,28?;/m0./s1. The summed E-state index contributed by atoms with van der Waals surface area (Å²) < 4.78 is 38.9. The molecular weight excluding hydrogens is 549 g/mol. The van der Waals surface area contributed by atoms with Crippen LogP contribution in [0.3, 0.4) is 0 Å². The molecule has 1 amide bonds. The number of aliphatic carboxylic acids is 1. The van der Waals surface area contributed by atoms with Gasteiger partial charge < -0.3 is 19.1 Å². The Morgan fingerprint density at radius 2 is 1.77 bits per heavy atom. The van der Waals surface area contributed by atoms with E-state index in [9.17, 15) is 18.0 Å². The van der Waals surface area contributed by atoms with Crippen LogP contribution in [-0.2, 0) is 22.5 Å². The Bertz CT molecular complexity index is 1180. The molecule has 3 aromatic rings. The second kappa shape index (κ2) is 13.0. The van der Waals surface area contributed by atoms with Crippen molar-refractivity contribution in [2.24, 2.45) is 5.92 Å². The van der Waals surface area contributed by atoms with E-state index in [1.54, 1.807) is 16.2 Å². The number of alkyl halides is 3. The summed E-state index contributed by atoms with van der Waals surface area (Å²) in [5.41, 5.74) is 2.03. The molecule has 2 bridgehead atoms. The van der Waals surface area contributed by atoms with Crippen molar-refractivity contribution in [2.75, 3.05) is 31.1 Å². The van der Waals surface area contributed by atoms with E-state index in [0.717, 1.165) is 28.7 Å². The second-order valence-corrected chi connectivity index (χ2v) is 11.8. The monoisotopic (exact) mass is 580 g/mol. The molecule has 0 saturated carbocycles.